The van der Waals surface area contributed by atoms with Crippen molar-refractivity contribution in [1.82, 2.24) is 14.9 Å². The Bertz CT molecular complexity index is 1250. The number of nitrogens with zero attached hydrogens (tertiary/aromatic N) is 3. The van der Waals surface area contributed by atoms with Gasteiger partial charge in [0.1, 0.15) is 0 Å². The van der Waals surface area contributed by atoms with Gasteiger partial charge >= 0.3 is 0 Å². The Labute approximate surface area is 170 Å². The smallest absolute Gasteiger partial charge is 0.0998 e. The van der Waals surface area contributed by atoms with Crippen LogP contribution in [-0.2, 0) is 6.54 Å². The van der Waals surface area contributed by atoms with Crippen LogP contribution in [0, 0.1) is 11.3 Å². The third kappa shape index (κ3) is 3.41. The van der Waals surface area contributed by atoms with Crippen LogP contribution in [0.25, 0.3) is 33.3 Å². The van der Waals surface area contributed by atoms with E-state index in [-0.39, 0.29) is 0 Å². The number of pyridine rings is 1. The van der Waals surface area contributed by atoms with Crippen LogP contribution in [0.5, 0.6) is 0 Å². The summed E-state index contributed by atoms with van der Waals surface area (Å²) in [5.41, 5.74) is 5.03. The van der Waals surface area contributed by atoms with Gasteiger partial charge in [0.25, 0.3) is 0 Å². The number of benzene rings is 2. The molecule has 142 valence electrons. The van der Waals surface area contributed by atoms with E-state index in [1.807, 2.05) is 42.7 Å². The topological polar surface area (TPSA) is 55.7 Å². The second-order valence-corrected chi connectivity index (χ2v) is 7.68. The van der Waals surface area contributed by atoms with Crippen molar-refractivity contribution in [1.29, 1.82) is 5.26 Å². The summed E-state index contributed by atoms with van der Waals surface area (Å²) in [6.07, 6.45) is 10.2. The molecule has 0 bridgehead atoms. The zero-order valence-corrected chi connectivity index (χ0v) is 16.2. The number of aromatic nitrogens is 2. The van der Waals surface area contributed by atoms with E-state index in [1.54, 1.807) is 6.20 Å². The van der Waals surface area contributed by atoms with Crippen LogP contribution in [0.1, 0.15) is 29.5 Å². The minimum absolute atomic E-state index is 0.660. The number of hydrogen-bond acceptors (Lipinski definition) is 3. The molecule has 0 radical (unpaired) electrons. The number of allylic oxidation sites excluding steroid dienone is 1. The van der Waals surface area contributed by atoms with Crippen LogP contribution >= 0.6 is 0 Å². The van der Waals surface area contributed by atoms with E-state index in [1.165, 1.54) is 31.5 Å². The minimum Gasteiger partial charge on any atom is -0.361 e. The van der Waals surface area contributed by atoms with E-state index in [0.717, 1.165) is 39.3 Å². The Morgan fingerprint density at radius 3 is 2.90 bits per heavy atom. The second-order valence-electron chi connectivity index (χ2n) is 7.68. The molecule has 1 aliphatic rings. The molecule has 4 heteroatoms. The van der Waals surface area contributed by atoms with Crippen LogP contribution in [0.3, 0.4) is 0 Å². The van der Waals surface area contributed by atoms with Crippen molar-refractivity contribution >= 4 is 33.3 Å². The Hall–Kier alpha value is -3.42. The molecule has 0 spiro atoms. The van der Waals surface area contributed by atoms with Crippen molar-refractivity contribution in [3.8, 4) is 6.07 Å². The number of aromatic amines is 1. The van der Waals surface area contributed by atoms with Crippen molar-refractivity contribution in [2.75, 3.05) is 13.1 Å². The molecule has 4 nitrogen and oxygen atoms in total. The summed E-state index contributed by atoms with van der Waals surface area (Å²) < 4.78 is 0. The van der Waals surface area contributed by atoms with E-state index in [9.17, 15) is 5.26 Å². The van der Waals surface area contributed by atoms with Gasteiger partial charge in [-0.05, 0) is 60.7 Å². The number of nitriles is 1. The fourth-order valence-electron chi connectivity index (χ4n) is 4.29. The highest BCUT2D eigenvalue weighted by Crippen LogP contribution is 2.29. The Balaban J connectivity index is 1.53. The second kappa shape index (κ2) is 7.54. The number of nitrogens with one attached hydrogen (secondary N) is 1. The number of hydrogen-bond donors (Lipinski definition) is 1. The summed E-state index contributed by atoms with van der Waals surface area (Å²) in [7, 11) is 0. The van der Waals surface area contributed by atoms with Gasteiger partial charge in [-0.25, -0.2) is 0 Å². The quantitative estimate of drug-likeness (QED) is 0.485. The molecule has 1 N–H and O–H groups in total. The summed E-state index contributed by atoms with van der Waals surface area (Å²) in [5, 5.41) is 13.1. The molecule has 2 aromatic heterocycles. The van der Waals surface area contributed by atoms with Gasteiger partial charge in [0, 0.05) is 47.0 Å². The highest BCUT2D eigenvalue weighted by atomic mass is 15.1. The molecular formula is C25H22N4. The molecule has 0 atom stereocenters. The normalized spacial score (nSPS) is 15.2. The first-order valence-electron chi connectivity index (χ1n) is 10.1. The van der Waals surface area contributed by atoms with Gasteiger partial charge in [0.2, 0.25) is 0 Å². The van der Waals surface area contributed by atoms with Gasteiger partial charge in [-0.15, -0.1) is 0 Å². The Morgan fingerprint density at radius 2 is 2.03 bits per heavy atom. The lowest BCUT2D eigenvalue weighted by molar-refractivity contribution is 0.331. The first-order valence-corrected chi connectivity index (χ1v) is 10.1. The molecule has 0 unspecified atom stereocenters. The van der Waals surface area contributed by atoms with Gasteiger partial charge in [0.15, 0.2) is 0 Å². The Kier molecular flexibility index (Phi) is 4.59. The van der Waals surface area contributed by atoms with E-state index >= 15 is 0 Å². The fraction of sp³-hybridized carbons (Fsp3) is 0.200. The third-order valence-electron chi connectivity index (χ3n) is 5.78. The number of likely N-dealkylation sites (tertiary alicyclic amines) is 1. The van der Waals surface area contributed by atoms with Gasteiger partial charge in [-0.2, -0.15) is 5.26 Å². The third-order valence-corrected chi connectivity index (χ3v) is 5.78. The standard InChI is InChI=1S/C25H22N4/c26-14-21(13-19-4-3-5-20-15-27-9-8-22(19)20)24-16-28-25-12-18(6-7-23(24)25)17-29-10-1-2-11-29/h3-9,12-13,15-16,28H,1-2,10-11,17H2/b21-13+. The maximum Gasteiger partial charge on any atom is 0.0998 e. The predicted octanol–water partition coefficient (Wildman–Crippen LogP) is 5.38. The fourth-order valence-corrected chi connectivity index (χ4v) is 4.29. The highest BCUT2D eigenvalue weighted by molar-refractivity contribution is 6.04. The van der Waals surface area contributed by atoms with Gasteiger partial charge in [-0.3, -0.25) is 9.88 Å². The first-order chi connectivity index (χ1) is 14.3. The van der Waals surface area contributed by atoms with Crippen LogP contribution in [0.15, 0.2) is 61.1 Å². The van der Waals surface area contributed by atoms with Gasteiger partial charge in [-0.1, -0.05) is 30.3 Å². The molecule has 5 rings (SSSR count). The molecule has 29 heavy (non-hydrogen) atoms. The molecule has 3 heterocycles. The number of H-pyrrole nitrogens is 1. The highest BCUT2D eigenvalue weighted by Gasteiger charge is 2.14. The van der Waals surface area contributed by atoms with Gasteiger partial charge < -0.3 is 4.98 Å². The largest absolute Gasteiger partial charge is 0.361 e. The lowest BCUT2D eigenvalue weighted by atomic mass is 9.99. The minimum atomic E-state index is 0.660. The van der Waals surface area contributed by atoms with Crippen LogP contribution < -0.4 is 0 Å². The molecule has 2 aromatic carbocycles. The van der Waals surface area contributed by atoms with E-state index < -0.39 is 0 Å². The molecule has 0 aliphatic carbocycles. The van der Waals surface area contributed by atoms with Crippen LogP contribution in [-0.4, -0.2) is 28.0 Å². The molecule has 0 saturated carbocycles. The molecule has 4 aromatic rings. The number of rotatable bonds is 4. The van der Waals surface area contributed by atoms with E-state index in [4.69, 9.17) is 0 Å². The van der Waals surface area contributed by atoms with Gasteiger partial charge in [0.05, 0.1) is 11.6 Å². The average molecular weight is 378 g/mol. The maximum absolute atomic E-state index is 9.88. The van der Waals surface area contributed by atoms with Crippen LogP contribution in [0.2, 0.25) is 0 Å². The summed E-state index contributed by atoms with van der Waals surface area (Å²) in [6, 6.07) is 17.0. The maximum atomic E-state index is 9.88. The molecular weight excluding hydrogens is 356 g/mol. The SMILES string of the molecule is N#C/C(=C\c1cccc2cnccc12)c1c[nH]c2cc(CN3CCCC3)ccc12. The molecule has 0 amide bonds. The summed E-state index contributed by atoms with van der Waals surface area (Å²) in [6.45, 7) is 3.38. The average Bonchev–Trinajstić information content (AvgIpc) is 3.42. The molecule has 1 fully saturated rings. The summed E-state index contributed by atoms with van der Waals surface area (Å²) in [5.74, 6) is 0. The van der Waals surface area contributed by atoms with Crippen LogP contribution in [0.4, 0.5) is 0 Å². The van der Waals surface area contributed by atoms with Crippen molar-refractivity contribution < 1.29 is 0 Å². The molecule has 1 saturated heterocycles. The first kappa shape index (κ1) is 17.7. The van der Waals surface area contributed by atoms with Crippen molar-refractivity contribution in [3.05, 3.63) is 77.7 Å². The lowest BCUT2D eigenvalue weighted by Gasteiger charge is -2.14. The summed E-state index contributed by atoms with van der Waals surface area (Å²) >= 11 is 0. The van der Waals surface area contributed by atoms with Crippen molar-refractivity contribution in [3.63, 3.8) is 0 Å². The van der Waals surface area contributed by atoms with Crippen molar-refractivity contribution in [2.45, 2.75) is 19.4 Å². The zero-order chi connectivity index (χ0) is 19.6. The van der Waals surface area contributed by atoms with Crippen molar-refractivity contribution in [2.24, 2.45) is 0 Å². The Morgan fingerprint density at radius 1 is 1.14 bits per heavy atom. The predicted molar refractivity (Wildman–Crippen MR) is 118 cm³/mol. The zero-order valence-electron chi connectivity index (χ0n) is 16.2. The van der Waals surface area contributed by atoms with E-state index in [0.29, 0.717) is 5.57 Å². The molecule has 1 aliphatic heterocycles. The summed E-state index contributed by atoms with van der Waals surface area (Å²) in [4.78, 5) is 10.1. The number of fused-ring (bicyclic) bond motifs is 2. The van der Waals surface area contributed by atoms with E-state index in [2.05, 4.69) is 39.1 Å². The lowest BCUT2D eigenvalue weighted by Crippen LogP contribution is -2.18. The monoisotopic (exact) mass is 378 g/mol.